The van der Waals surface area contributed by atoms with Crippen molar-refractivity contribution in [2.45, 2.75) is 26.8 Å². The molecule has 2 heterocycles. The molecule has 0 amide bonds. The molecule has 7 heteroatoms. The summed E-state index contributed by atoms with van der Waals surface area (Å²) >= 11 is 0. The Labute approximate surface area is 178 Å². The molecule has 1 atom stereocenters. The summed E-state index contributed by atoms with van der Waals surface area (Å²) in [6.45, 7) is 11.2. The molecule has 7 nitrogen and oxygen atoms in total. The minimum absolute atomic E-state index is 0.0524. The maximum atomic E-state index is 13.1. The van der Waals surface area contributed by atoms with Gasteiger partial charge in [-0.3, -0.25) is 4.79 Å². The number of hydrogen-bond acceptors (Lipinski definition) is 4. The van der Waals surface area contributed by atoms with Gasteiger partial charge in [-0.25, -0.2) is 4.79 Å². The third-order valence-electron chi connectivity index (χ3n) is 6.15. The number of ketones is 1. The Morgan fingerprint density at radius 2 is 1.77 bits per heavy atom. The molecule has 162 valence electrons. The number of H-pyrrole nitrogens is 1. The van der Waals surface area contributed by atoms with Crippen LogP contribution in [0.2, 0.25) is 0 Å². The van der Waals surface area contributed by atoms with Gasteiger partial charge in [0.25, 0.3) is 0 Å². The lowest BCUT2D eigenvalue weighted by Crippen LogP contribution is -3.30. The highest BCUT2D eigenvalue weighted by Gasteiger charge is 2.34. The number of aryl methyl sites for hydroxylation is 1. The quantitative estimate of drug-likeness (QED) is 0.414. The van der Waals surface area contributed by atoms with Crippen molar-refractivity contribution >= 4 is 11.8 Å². The first-order valence-electron chi connectivity index (χ1n) is 10.6. The van der Waals surface area contributed by atoms with E-state index in [-0.39, 0.29) is 11.8 Å². The summed E-state index contributed by atoms with van der Waals surface area (Å²) in [5.74, 6) is 0.551. The lowest BCUT2D eigenvalue weighted by Gasteiger charge is -2.32. The lowest BCUT2D eigenvalue weighted by molar-refractivity contribution is -1.02. The maximum absolute atomic E-state index is 13.1. The summed E-state index contributed by atoms with van der Waals surface area (Å²) in [5.41, 5.74) is 2.35. The predicted octanol–water partition coefficient (Wildman–Crippen LogP) is -0.148. The molecule has 30 heavy (non-hydrogen) atoms. The van der Waals surface area contributed by atoms with E-state index in [2.05, 4.69) is 4.98 Å². The van der Waals surface area contributed by atoms with Gasteiger partial charge >= 0.3 is 5.97 Å². The fraction of sp³-hybridized carbons (Fsp3) is 0.478. The van der Waals surface area contributed by atoms with Gasteiger partial charge in [0.1, 0.15) is 45.1 Å². The first-order valence-corrected chi connectivity index (χ1v) is 10.6. The summed E-state index contributed by atoms with van der Waals surface area (Å²) in [6, 6.07) is 9.72. The summed E-state index contributed by atoms with van der Waals surface area (Å²) in [6.07, 6.45) is 0. The molecular formula is C23H33N3O4+2. The van der Waals surface area contributed by atoms with Gasteiger partial charge in [-0.2, -0.15) is 0 Å². The molecule has 1 aliphatic heterocycles. The Hall–Kier alpha value is -2.64. The molecule has 1 saturated heterocycles. The number of piperazine rings is 1. The van der Waals surface area contributed by atoms with Crippen LogP contribution in [-0.4, -0.2) is 69.2 Å². The lowest BCUT2D eigenvalue weighted by atomic mass is 10.0. The van der Waals surface area contributed by atoms with Crippen LogP contribution in [0.25, 0.3) is 0 Å². The molecule has 0 unspecified atom stereocenters. The van der Waals surface area contributed by atoms with Crippen molar-refractivity contribution < 1.29 is 28.9 Å². The maximum Gasteiger partial charge on any atom is 0.339 e. The second-order valence-electron chi connectivity index (χ2n) is 8.02. The second-order valence-corrected chi connectivity index (χ2v) is 8.02. The number of carbonyl (C=O) groups is 2. The van der Waals surface area contributed by atoms with Crippen molar-refractivity contribution in [2.24, 2.45) is 0 Å². The van der Waals surface area contributed by atoms with Crippen molar-refractivity contribution in [1.82, 2.24) is 4.98 Å². The van der Waals surface area contributed by atoms with Crippen molar-refractivity contribution in [2.75, 3.05) is 46.4 Å². The number of quaternary nitrogens is 2. The van der Waals surface area contributed by atoms with Gasteiger partial charge in [0.05, 0.1) is 18.4 Å². The number of nitrogens with one attached hydrogen (secondary N) is 3. The molecule has 1 fully saturated rings. The molecule has 2 aromatic rings. The number of methoxy groups -OCH3 is 1. The SMILES string of the molecule is COC(=O)c1c(C)[nH]c(C(=O)[C@H](C)[NH+]2CC[NH+](CCOc3ccccc3)CC2)c1C. The number of Topliss-reactive ketones (excluding diaryl/α,β-unsaturated/α-hetero) is 1. The van der Waals surface area contributed by atoms with Crippen LogP contribution in [0.15, 0.2) is 30.3 Å². The molecule has 3 rings (SSSR count). The van der Waals surface area contributed by atoms with Crippen LogP contribution < -0.4 is 14.5 Å². The van der Waals surface area contributed by atoms with Gasteiger partial charge in [-0.05, 0) is 38.5 Å². The molecule has 0 bridgehead atoms. The molecule has 0 spiro atoms. The number of rotatable bonds is 8. The van der Waals surface area contributed by atoms with Crippen LogP contribution in [0.3, 0.4) is 0 Å². The number of esters is 1. The van der Waals surface area contributed by atoms with E-state index in [9.17, 15) is 9.59 Å². The highest BCUT2D eigenvalue weighted by molar-refractivity contribution is 6.03. The number of para-hydroxylation sites is 1. The van der Waals surface area contributed by atoms with Crippen molar-refractivity contribution in [1.29, 1.82) is 0 Å². The van der Waals surface area contributed by atoms with E-state index in [0.29, 0.717) is 29.1 Å². The summed E-state index contributed by atoms with van der Waals surface area (Å²) in [7, 11) is 1.36. The third-order valence-corrected chi connectivity index (χ3v) is 6.15. The Morgan fingerprint density at radius 3 is 2.40 bits per heavy atom. The number of hydrogen-bond donors (Lipinski definition) is 3. The van der Waals surface area contributed by atoms with Crippen LogP contribution in [0.5, 0.6) is 5.75 Å². The molecule has 1 aromatic carbocycles. The van der Waals surface area contributed by atoms with E-state index in [0.717, 1.165) is 38.5 Å². The van der Waals surface area contributed by atoms with E-state index in [1.165, 1.54) is 16.9 Å². The van der Waals surface area contributed by atoms with Crippen molar-refractivity contribution in [3.8, 4) is 5.75 Å². The van der Waals surface area contributed by atoms with Crippen molar-refractivity contribution in [3.63, 3.8) is 0 Å². The number of benzene rings is 1. The van der Waals surface area contributed by atoms with Crippen LogP contribution >= 0.6 is 0 Å². The zero-order chi connectivity index (χ0) is 21.7. The average molecular weight is 416 g/mol. The van der Waals surface area contributed by atoms with Gasteiger partial charge < -0.3 is 24.3 Å². The Balaban J connectivity index is 1.52. The summed E-state index contributed by atoms with van der Waals surface area (Å²) in [4.78, 5) is 31.0. The second kappa shape index (κ2) is 9.91. The van der Waals surface area contributed by atoms with Gasteiger partial charge in [0.2, 0.25) is 5.78 Å². The smallest absolute Gasteiger partial charge is 0.339 e. The molecule has 3 N–H and O–H groups in total. The van der Waals surface area contributed by atoms with E-state index in [4.69, 9.17) is 9.47 Å². The molecule has 0 saturated carbocycles. The summed E-state index contributed by atoms with van der Waals surface area (Å²) < 4.78 is 10.7. The predicted molar refractivity (Wildman–Crippen MR) is 114 cm³/mol. The highest BCUT2D eigenvalue weighted by Crippen LogP contribution is 2.19. The van der Waals surface area contributed by atoms with E-state index < -0.39 is 5.97 Å². The first-order chi connectivity index (χ1) is 14.4. The van der Waals surface area contributed by atoms with Gasteiger partial charge in [0, 0.05) is 5.69 Å². The van der Waals surface area contributed by atoms with E-state index in [1.54, 1.807) is 13.8 Å². The van der Waals surface area contributed by atoms with Crippen LogP contribution in [0.4, 0.5) is 0 Å². The standard InChI is InChI=1S/C23H31N3O4/c1-16-20(23(28)29-4)17(2)24-21(16)22(27)18(3)26-12-10-25(11-13-26)14-15-30-19-8-6-5-7-9-19/h5-9,18,24H,10-15H2,1-4H3/p+2/t18-/m0/s1. The first kappa shape index (κ1) is 22.1. The number of carbonyl (C=O) groups excluding carboxylic acids is 2. The fourth-order valence-corrected chi connectivity index (χ4v) is 4.24. The Kier molecular flexibility index (Phi) is 7.29. The van der Waals surface area contributed by atoms with E-state index in [1.807, 2.05) is 37.3 Å². The number of aromatic amines is 1. The fourth-order valence-electron chi connectivity index (χ4n) is 4.24. The zero-order valence-electron chi connectivity index (χ0n) is 18.3. The highest BCUT2D eigenvalue weighted by atomic mass is 16.5. The van der Waals surface area contributed by atoms with Gasteiger partial charge in [0.15, 0.2) is 6.04 Å². The Bertz CT molecular complexity index is 870. The number of ether oxygens (including phenoxy) is 2. The average Bonchev–Trinajstić information content (AvgIpc) is 3.07. The van der Waals surface area contributed by atoms with Crippen LogP contribution in [-0.2, 0) is 4.74 Å². The van der Waals surface area contributed by atoms with Crippen LogP contribution in [0, 0.1) is 13.8 Å². The zero-order valence-corrected chi connectivity index (χ0v) is 18.3. The topological polar surface area (TPSA) is 77.3 Å². The molecule has 1 aliphatic rings. The third kappa shape index (κ3) is 4.91. The molecular weight excluding hydrogens is 382 g/mol. The molecule has 0 radical (unpaired) electrons. The number of aromatic nitrogens is 1. The van der Waals surface area contributed by atoms with E-state index >= 15 is 0 Å². The normalized spacial score (nSPS) is 19.9. The van der Waals surface area contributed by atoms with Crippen molar-refractivity contribution in [3.05, 3.63) is 52.8 Å². The minimum atomic E-state index is -0.407. The molecule has 1 aromatic heterocycles. The van der Waals surface area contributed by atoms with Gasteiger partial charge in [-0.1, -0.05) is 18.2 Å². The van der Waals surface area contributed by atoms with Crippen LogP contribution in [0.1, 0.15) is 39.0 Å². The summed E-state index contributed by atoms with van der Waals surface area (Å²) in [5, 5.41) is 0. The minimum Gasteiger partial charge on any atom is -0.488 e. The van der Waals surface area contributed by atoms with Gasteiger partial charge in [-0.15, -0.1) is 0 Å². The molecule has 0 aliphatic carbocycles. The largest absolute Gasteiger partial charge is 0.488 e. The Morgan fingerprint density at radius 1 is 1.10 bits per heavy atom. The monoisotopic (exact) mass is 415 g/mol.